The number of carbonyl (C=O) groups excluding carboxylic acids is 1. The highest BCUT2D eigenvalue weighted by atomic mass is 35.5. The van der Waals surface area contributed by atoms with Gasteiger partial charge in [0.1, 0.15) is 18.2 Å². The van der Waals surface area contributed by atoms with Crippen molar-refractivity contribution in [2.75, 3.05) is 5.32 Å². The van der Waals surface area contributed by atoms with Crippen LogP contribution >= 0.6 is 23.2 Å². The van der Waals surface area contributed by atoms with Gasteiger partial charge in [0.15, 0.2) is 5.82 Å². The maximum absolute atomic E-state index is 13.3. The minimum absolute atomic E-state index is 0.288. The van der Waals surface area contributed by atoms with E-state index in [1.54, 1.807) is 47.1 Å². The third kappa shape index (κ3) is 5.92. The third-order valence-corrected chi connectivity index (χ3v) is 5.54. The molecule has 168 valence electrons. The van der Waals surface area contributed by atoms with E-state index < -0.39 is 5.82 Å². The molecule has 1 amide bonds. The maximum atomic E-state index is 13.3. The number of aromatic nitrogens is 2. The summed E-state index contributed by atoms with van der Waals surface area (Å²) in [5.41, 5.74) is 2.88. The summed E-state index contributed by atoms with van der Waals surface area (Å²) in [5.74, 6) is 0.383. The highest BCUT2D eigenvalue weighted by Gasteiger charge is 2.12. The van der Waals surface area contributed by atoms with Crippen LogP contribution in [0, 0.1) is 12.7 Å². The van der Waals surface area contributed by atoms with Gasteiger partial charge in [-0.1, -0.05) is 47.5 Å². The average molecular weight is 484 g/mol. The predicted octanol–water partition coefficient (Wildman–Crippen LogP) is 6.52. The van der Waals surface area contributed by atoms with Crippen LogP contribution in [0.5, 0.6) is 5.75 Å². The zero-order valence-electron chi connectivity index (χ0n) is 17.7. The van der Waals surface area contributed by atoms with Crippen LogP contribution in [0.4, 0.5) is 10.2 Å². The van der Waals surface area contributed by atoms with Gasteiger partial charge >= 0.3 is 0 Å². The quantitative estimate of drug-likeness (QED) is 0.325. The molecule has 0 bridgehead atoms. The van der Waals surface area contributed by atoms with Crippen molar-refractivity contribution >= 4 is 34.9 Å². The highest BCUT2D eigenvalue weighted by molar-refractivity contribution is 6.31. The first-order valence-electron chi connectivity index (χ1n) is 10.1. The largest absolute Gasteiger partial charge is 0.489 e. The summed E-state index contributed by atoms with van der Waals surface area (Å²) in [4.78, 5) is 12.8. The molecule has 33 heavy (non-hydrogen) atoms. The number of halogens is 3. The van der Waals surface area contributed by atoms with E-state index in [1.807, 2.05) is 25.1 Å². The number of aryl methyl sites for hydroxylation is 1. The van der Waals surface area contributed by atoms with Gasteiger partial charge in [-0.05, 0) is 60.5 Å². The van der Waals surface area contributed by atoms with Crippen LogP contribution in [0.25, 0.3) is 0 Å². The van der Waals surface area contributed by atoms with E-state index in [0.29, 0.717) is 40.3 Å². The molecule has 0 saturated heterocycles. The standard InChI is InChI=1S/C25H20Cl2FN3O2/c1-16-10-24(30-31(16)14-19-8-9-21(28)13-23(19)27)29-25(32)18-5-2-4-17(11-18)15-33-22-7-3-6-20(26)12-22/h2-13H,14-15H2,1H3,(H,29,30,32). The van der Waals surface area contributed by atoms with Gasteiger partial charge in [0.2, 0.25) is 0 Å². The molecule has 1 aromatic heterocycles. The minimum Gasteiger partial charge on any atom is -0.489 e. The molecule has 0 atom stereocenters. The smallest absolute Gasteiger partial charge is 0.256 e. The lowest BCUT2D eigenvalue weighted by molar-refractivity contribution is 0.102. The molecule has 4 aromatic rings. The van der Waals surface area contributed by atoms with Gasteiger partial charge < -0.3 is 10.1 Å². The Morgan fingerprint density at radius 1 is 1.06 bits per heavy atom. The number of amides is 1. The Balaban J connectivity index is 1.42. The molecular weight excluding hydrogens is 464 g/mol. The fourth-order valence-corrected chi connectivity index (χ4v) is 3.66. The van der Waals surface area contributed by atoms with Crippen LogP contribution in [0.2, 0.25) is 10.0 Å². The zero-order valence-corrected chi connectivity index (χ0v) is 19.2. The van der Waals surface area contributed by atoms with Crippen molar-refractivity contribution in [3.8, 4) is 5.75 Å². The molecule has 4 rings (SSSR count). The molecule has 0 saturated carbocycles. The fourth-order valence-electron chi connectivity index (χ4n) is 3.26. The molecule has 5 nitrogen and oxygen atoms in total. The van der Waals surface area contributed by atoms with Crippen LogP contribution < -0.4 is 10.1 Å². The van der Waals surface area contributed by atoms with E-state index in [2.05, 4.69) is 10.4 Å². The Morgan fingerprint density at radius 2 is 1.88 bits per heavy atom. The van der Waals surface area contributed by atoms with Gasteiger partial charge in [-0.15, -0.1) is 0 Å². The second-order valence-electron chi connectivity index (χ2n) is 7.46. The number of nitrogens with one attached hydrogen (secondary N) is 1. The number of ether oxygens (including phenoxy) is 1. The fraction of sp³-hybridized carbons (Fsp3) is 0.120. The lowest BCUT2D eigenvalue weighted by atomic mass is 10.1. The Bertz CT molecular complexity index is 1310. The monoisotopic (exact) mass is 483 g/mol. The summed E-state index contributed by atoms with van der Waals surface area (Å²) >= 11 is 12.1. The van der Waals surface area contributed by atoms with Gasteiger partial charge in [-0.25, -0.2) is 4.39 Å². The number of hydrogen-bond donors (Lipinski definition) is 1. The molecule has 0 unspecified atom stereocenters. The number of benzene rings is 3. The molecule has 1 heterocycles. The van der Waals surface area contributed by atoms with E-state index in [4.69, 9.17) is 27.9 Å². The molecular formula is C25H20Cl2FN3O2. The molecule has 0 radical (unpaired) electrons. The van der Waals surface area contributed by atoms with E-state index in [1.165, 1.54) is 12.1 Å². The summed E-state index contributed by atoms with van der Waals surface area (Å²) in [5, 5.41) is 8.17. The molecule has 3 aromatic carbocycles. The molecule has 8 heteroatoms. The van der Waals surface area contributed by atoms with Crippen molar-refractivity contribution in [2.45, 2.75) is 20.1 Å². The minimum atomic E-state index is -0.394. The maximum Gasteiger partial charge on any atom is 0.256 e. The van der Waals surface area contributed by atoms with Crippen LogP contribution in [-0.4, -0.2) is 15.7 Å². The average Bonchev–Trinajstić information content (AvgIpc) is 3.13. The highest BCUT2D eigenvalue weighted by Crippen LogP contribution is 2.21. The van der Waals surface area contributed by atoms with Gasteiger partial charge in [0.05, 0.1) is 6.54 Å². The first-order chi connectivity index (χ1) is 15.9. The van der Waals surface area contributed by atoms with E-state index in [-0.39, 0.29) is 5.91 Å². The van der Waals surface area contributed by atoms with Gasteiger partial charge in [0, 0.05) is 27.4 Å². The molecule has 0 aliphatic heterocycles. The second kappa shape index (κ2) is 10.1. The Kier molecular flexibility index (Phi) is 6.96. The molecule has 0 aliphatic carbocycles. The molecule has 1 N–H and O–H groups in total. The Hall–Kier alpha value is -3.35. The van der Waals surface area contributed by atoms with Crippen LogP contribution in [0.3, 0.4) is 0 Å². The van der Waals surface area contributed by atoms with Crippen LogP contribution in [0.1, 0.15) is 27.2 Å². The summed E-state index contributed by atoms with van der Waals surface area (Å²) in [6.07, 6.45) is 0. The first-order valence-corrected chi connectivity index (χ1v) is 10.9. The van der Waals surface area contributed by atoms with Gasteiger partial charge in [-0.3, -0.25) is 9.48 Å². The normalized spacial score (nSPS) is 10.8. The predicted molar refractivity (Wildman–Crippen MR) is 128 cm³/mol. The van der Waals surface area contributed by atoms with Crippen molar-refractivity contribution < 1.29 is 13.9 Å². The Morgan fingerprint density at radius 3 is 2.67 bits per heavy atom. The van der Waals surface area contributed by atoms with Gasteiger partial charge in [0.25, 0.3) is 5.91 Å². The number of nitrogens with zero attached hydrogens (tertiary/aromatic N) is 2. The third-order valence-electron chi connectivity index (χ3n) is 4.95. The summed E-state index contributed by atoms with van der Waals surface area (Å²) in [6.45, 7) is 2.53. The number of anilines is 1. The van der Waals surface area contributed by atoms with Crippen molar-refractivity contribution in [1.82, 2.24) is 9.78 Å². The first kappa shape index (κ1) is 22.8. The van der Waals surface area contributed by atoms with Crippen molar-refractivity contribution in [3.63, 3.8) is 0 Å². The van der Waals surface area contributed by atoms with E-state index in [0.717, 1.165) is 16.8 Å². The number of carbonyl (C=O) groups is 1. The SMILES string of the molecule is Cc1cc(NC(=O)c2cccc(COc3cccc(Cl)c3)c2)nn1Cc1ccc(F)cc1Cl. The van der Waals surface area contributed by atoms with E-state index in [9.17, 15) is 9.18 Å². The van der Waals surface area contributed by atoms with Crippen molar-refractivity contribution in [1.29, 1.82) is 0 Å². The van der Waals surface area contributed by atoms with Crippen LogP contribution in [0.15, 0.2) is 72.8 Å². The van der Waals surface area contributed by atoms with Crippen LogP contribution in [-0.2, 0) is 13.2 Å². The lowest BCUT2D eigenvalue weighted by Crippen LogP contribution is -2.13. The molecule has 0 fully saturated rings. The van der Waals surface area contributed by atoms with Gasteiger partial charge in [-0.2, -0.15) is 5.10 Å². The number of rotatable bonds is 7. The van der Waals surface area contributed by atoms with Crippen molar-refractivity contribution in [2.24, 2.45) is 0 Å². The topological polar surface area (TPSA) is 56.1 Å². The second-order valence-corrected chi connectivity index (χ2v) is 8.31. The molecule has 0 aliphatic rings. The summed E-state index contributed by atoms with van der Waals surface area (Å²) in [6, 6.07) is 20.3. The lowest BCUT2D eigenvalue weighted by Gasteiger charge is -2.08. The van der Waals surface area contributed by atoms with Crippen molar-refractivity contribution in [3.05, 3.63) is 111 Å². The summed E-state index contributed by atoms with van der Waals surface area (Å²) in [7, 11) is 0. The zero-order chi connectivity index (χ0) is 23.4. The Labute approximate surface area is 200 Å². The summed E-state index contributed by atoms with van der Waals surface area (Å²) < 4.78 is 20.7. The molecule has 0 spiro atoms. The van der Waals surface area contributed by atoms with E-state index >= 15 is 0 Å². The number of hydrogen-bond acceptors (Lipinski definition) is 3.